The second-order valence-electron chi connectivity index (χ2n) is 6.73. The molecule has 0 spiro atoms. The number of para-hydroxylation sites is 2. The third-order valence-corrected chi connectivity index (χ3v) is 4.45. The minimum Gasteiger partial charge on any atom is -0.488 e. The van der Waals surface area contributed by atoms with E-state index in [9.17, 15) is 9.59 Å². The summed E-state index contributed by atoms with van der Waals surface area (Å²) in [6.07, 6.45) is 1.45. The first-order chi connectivity index (χ1) is 14.5. The summed E-state index contributed by atoms with van der Waals surface area (Å²) in [5, 5.41) is 6.53. The van der Waals surface area contributed by atoms with Crippen molar-refractivity contribution in [3.8, 4) is 5.75 Å². The Morgan fingerprint density at radius 3 is 2.27 bits per heavy atom. The minimum absolute atomic E-state index is 0.413. The topological polar surface area (TPSA) is 79.8 Å². The van der Waals surface area contributed by atoms with E-state index < -0.39 is 11.8 Å². The molecule has 3 aromatic rings. The number of nitrogens with one attached hydrogen (secondary N) is 2. The first-order valence-electron chi connectivity index (χ1n) is 9.51. The number of hydrazone groups is 1. The molecule has 0 aliphatic carbocycles. The van der Waals surface area contributed by atoms with Crippen LogP contribution in [0.1, 0.15) is 22.3 Å². The Balaban J connectivity index is 1.59. The Morgan fingerprint density at radius 1 is 0.867 bits per heavy atom. The van der Waals surface area contributed by atoms with E-state index in [1.807, 2.05) is 86.6 Å². The largest absolute Gasteiger partial charge is 0.488 e. The molecule has 0 saturated carbocycles. The van der Waals surface area contributed by atoms with Crippen molar-refractivity contribution in [2.45, 2.75) is 20.5 Å². The van der Waals surface area contributed by atoms with Gasteiger partial charge >= 0.3 is 11.8 Å². The summed E-state index contributed by atoms with van der Waals surface area (Å²) in [7, 11) is 0. The molecule has 2 amide bonds. The SMILES string of the molecule is Cc1cccc(C)c1NC(=O)C(=O)N/N=C\c1ccccc1OCc1ccccc1. The van der Waals surface area contributed by atoms with Crippen molar-refractivity contribution in [3.05, 3.63) is 95.1 Å². The molecule has 0 atom stereocenters. The molecular formula is C24H23N3O3. The zero-order chi connectivity index (χ0) is 21.3. The molecule has 0 bridgehead atoms. The number of rotatable bonds is 6. The van der Waals surface area contributed by atoms with Gasteiger partial charge in [-0.25, -0.2) is 5.43 Å². The van der Waals surface area contributed by atoms with Gasteiger partial charge in [-0.2, -0.15) is 5.10 Å². The van der Waals surface area contributed by atoms with Crippen LogP contribution < -0.4 is 15.5 Å². The molecule has 0 heterocycles. The number of carbonyl (C=O) groups is 2. The van der Waals surface area contributed by atoms with E-state index in [4.69, 9.17) is 4.74 Å². The van der Waals surface area contributed by atoms with Gasteiger partial charge < -0.3 is 10.1 Å². The monoisotopic (exact) mass is 401 g/mol. The second kappa shape index (κ2) is 10.0. The molecular weight excluding hydrogens is 378 g/mol. The molecule has 6 nitrogen and oxygen atoms in total. The van der Waals surface area contributed by atoms with Crippen molar-refractivity contribution in [1.82, 2.24) is 5.43 Å². The predicted octanol–water partition coefficient (Wildman–Crippen LogP) is 3.97. The Bertz CT molecular complexity index is 1040. The van der Waals surface area contributed by atoms with Crippen LogP contribution in [0, 0.1) is 13.8 Å². The number of anilines is 1. The Hall–Kier alpha value is -3.93. The van der Waals surface area contributed by atoms with Gasteiger partial charge in [-0.15, -0.1) is 0 Å². The number of nitrogens with zero attached hydrogens (tertiary/aromatic N) is 1. The lowest BCUT2D eigenvalue weighted by Crippen LogP contribution is -2.32. The van der Waals surface area contributed by atoms with Gasteiger partial charge in [0, 0.05) is 11.3 Å². The molecule has 6 heteroatoms. The van der Waals surface area contributed by atoms with Crippen molar-refractivity contribution in [2.24, 2.45) is 5.10 Å². The number of carbonyl (C=O) groups excluding carboxylic acids is 2. The summed E-state index contributed by atoms with van der Waals surface area (Å²) in [6, 6.07) is 22.8. The van der Waals surface area contributed by atoms with E-state index in [1.165, 1.54) is 6.21 Å². The van der Waals surface area contributed by atoms with Crippen molar-refractivity contribution >= 4 is 23.7 Å². The van der Waals surface area contributed by atoms with E-state index in [1.54, 1.807) is 0 Å². The van der Waals surface area contributed by atoms with Crippen molar-refractivity contribution in [1.29, 1.82) is 0 Å². The third-order valence-electron chi connectivity index (χ3n) is 4.45. The van der Waals surface area contributed by atoms with Gasteiger partial charge in [-0.05, 0) is 42.7 Å². The van der Waals surface area contributed by atoms with E-state index in [0.29, 0.717) is 23.6 Å². The maximum Gasteiger partial charge on any atom is 0.329 e. The highest BCUT2D eigenvalue weighted by Gasteiger charge is 2.15. The molecule has 30 heavy (non-hydrogen) atoms. The average Bonchev–Trinajstić information content (AvgIpc) is 2.76. The molecule has 0 aliphatic heterocycles. The summed E-state index contributed by atoms with van der Waals surface area (Å²) in [4.78, 5) is 24.3. The minimum atomic E-state index is -0.850. The van der Waals surface area contributed by atoms with Crippen molar-refractivity contribution < 1.29 is 14.3 Å². The molecule has 0 aromatic heterocycles. The highest BCUT2D eigenvalue weighted by Crippen LogP contribution is 2.19. The molecule has 3 rings (SSSR count). The maximum atomic E-state index is 12.2. The van der Waals surface area contributed by atoms with E-state index in [0.717, 1.165) is 16.7 Å². The number of benzene rings is 3. The van der Waals surface area contributed by atoms with Gasteiger partial charge in [0.2, 0.25) is 0 Å². The highest BCUT2D eigenvalue weighted by molar-refractivity contribution is 6.39. The number of aryl methyl sites for hydroxylation is 2. The summed E-state index contributed by atoms with van der Waals surface area (Å²) in [5.41, 5.74) is 6.36. The van der Waals surface area contributed by atoms with Crippen LogP contribution in [-0.2, 0) is 16.2 Å². The molecule has 2 N–H and O–H groups in total. The van der Waals surface area contributed by atoms with Gasteiger partial charge in [0.05, 0.1) is 6.21 Å². The fourth-order valence-corrected chi connectivity index (χ4v) is 2.85. The Morgan fingerprint density at radius 2 is 1.53 bits per heavy atom. The predicted molar refractivity (Wildman–Crippen MR) is 117 cm³/mol. The van der Waals surface area contributed by atoms with Crippen LogP contribution in [0.5, 0.6) is 5.75 Å². The van der Waals surface area contributed by atoms with Crippen LogP contribution in [0.4, 0.5) is 5.69 Å². The van der Waals surface area contributed by atoms with E-state index >= 15 is 0 Å². The van der Waals surface area contributed by atoms with Gasteiger partial charge in [-0.3, -0.25) is 9.59 Å². The average molecular weight is 401 g/mol. The molecule has 0 aliphatic rings. The third kappa shape index (κ3) is 5.54. The summed E-state index contributed by atoms with van der Waals surface area (Å²) in [5.74, 6) is -1.01. The van der Waals surface area contributed by atoms with Crippen molar-refractivity contribution in [3.63, 3.8) is 0 Å². The smallest absolute Gasteiger partial charge is 0.329 e. The van der Waals surface area contributed by atoms with Gasteiger partial charge in [-0.1, -0.05) is 60.7 Å². The normalized spacial score (nSPS) is 10.6. The maximum absolute atomic E-state index is 12.2. The lowest BCUT2D eigenvalue weighted by Gasteiger charge is -2.10. The number of hydrogen-bond acceptors (Lipinski definition) is 4. The first-order valence-corrected chi connectivity index (χ1v) is 9.51. The van der Waals surface area contributed by atoms with Gasteiger partial charge in [0.25, 0.3) is 0 Å². The second-order valence-corrected chi connectivity index (χ2v) is 6.73. The van der Waals surface area contributed by atoms with E-state index in [-0.39, 0.29) is 0 Å². The molecule has 3 aromatic carbocycles. The molecule has 0 unspecified atom stereocenters. The molecule has 0 radical (unpaired) electrons. The van der Waals surface area contributed by atoms with Crippen LogP contribution in [0.25, 0.3) is 0 Å². The van der Waals surface area contributed by atoms with Crippen molar-refractivity contribution in [2.75, 3.05) is 5.32 Å². The van der Waals surface area contributed by atoms with Gasteiger partial charge in [0.1, 0.15) is 12.4 Å². The summed E-state index contributed by atoms with van der Waals surface area (Å²) in [6.45, 7) is 4.15. The Kier molecular flexibility index (Phi) is 6.95. The standard InChI is InChI=1S/C24H23N3O3/c1-17-9-8-10-18(2)22(17)26-23(28)24(29)27-25-15-20-13-6-7-14-21(20)30-16-19-11-4-3-5-12-19/h3-15H,16H2,1-2H3,(H,26,28)(H,27,29)/b25-15-. The number of amides is 2. The zero-order valence-electron chi connectivity index (χ0n) is 16.9. The highest BCUT2D eigenvalue weighted by atomic mass is 16.5. The molecule has 152 valence electrons. The van der Waals surface area contributed by atoms with E-state index in [2.05, 4.69) is 15.8 Å². The summed E-state index contributed by atoms with van der Waals surface area (Å²) < 4.78 is 5.85. The van der Waals surface area contributed by atoms with Crippen LogP contribution in [0.3, 0.4) is 0 Å². The fraction of sp³-hybridized carbons (Fsp3) is 0.125. The van der Waals surface area contributed by atoms with Gasteiger partial charge in [0.15, 0.2) is 0 Å². The lowest BCUT2D eigenvalue weighted by molar-refractivity contribution is -0.136. The Labute approximate surface area is 175 Å². The first kappa shape index (κ1) is 20.8. The number of hydrogen-bond donors (Lipinski definition) is 2. The van der Waals surface area contributed by atoms with Crippen LogP contribution in [-0.4, -0.2) is 18.0 Å². The summed E-state index contributed by atoms with van der Waals surface area (Å²) >= 11 is 0. The molecule has 0 fully saturated rings. The number of ether oxygens (including phenoxy) is 1. The lowest BCUT2D eigenvalue weighted by atomic mass is 10.1. The fourth-order valence-electron chi connectivity index (χ4n) is 2.85. The van der Waals surface area contributed by atoms with Crippen LogP contribution in [0.15, 0.2) is 77.9 Å². The molecule has 0 saturated heterocycles. The van der Waals surface area contributed by atoms with Crippen LogP contribution >= 0.6 is 0 Å². The van der Waals surface area contributed by atoms with Crippen LogP contribution in [0.2, 0.25) is 0 Å². The quantitative estimate of drug-likeness (QED) is 0.373. The zero-order valence-corrected chi connectivity index (χ0v) is 16.9.